The van der Waals surface area contributed by atoms with Crippen molar-refractivity contribution in [3.63, 3.8) is 0 Å². The third-order valence-electron chi connectivity index (χ3n) is 4.65. The summed E-state index contributed by atoms with van der Waals surface area (Å²) in [6, 6.07) is 2.20. The Morgan fingerprint density at radius 3 is 3.04 bits per heavy atom. The lowest BCUT2D eigenvalue weighted by atomic mass is 10.0. The van der Waals surface area contributed by atoms with Crippen molar-refractivity contribution in [2.45, 2.75) is 38.8 Å². The van der Waals surface area contributed by atoms with Crippen molar-refractivity contribution < 1.29 is 4.74 Å². The minimum absolute atomic E-state index is 0.125. The molecule has 0 spiro atoms. The van der Waals surface area contributed by atoms with Gasteiger partial charge in [0.2, 0.25) is 0 Å². The summed E-state index contributed by atoms with van der Waals surface area (Å²) >= 11 is 0. The first kappa shape index (κ1) is 15.2. The largest absolute Gasteiger partial charge is 0.379 e. The number of hydrogen-bond acceptors (Lipinski definition) is 6. The number of nitrogens with zero attached hydrogens (tertiary/aromatic N) is 5. The first-order chi connectivity index (χ1) is 11.6. The predicted octanol–water partition coefficient (Wildman–Crippen LogP) is 1.30. The highest BCUT2D eigenvalue weighted by atomic mass is 16.5. The van der Waals surface area contributed by atoms with Gasteiger partial charge < -0.3 is 10.1 Å². The van der Waals surface area contributed by atoms with E-state index in [-0.39, 0.29) is 18.0 Å². The number of ether oxygens (including phenoxy) is 1. The van der Waals surface area contributed by atoms with E-state index in [1.165, 1.54) is 0 Å². The molecule has 0 aliphatic carbocycles. The van der Waals surface area contributed by atoms with Crippen molar-refractivity contribution in [2.75, 3.05) is 13.2 Å². The fraction of sp³-hybridized carbons (Fsp3) is 0.500. The van der Waals surface area contributed by atoms with Crippen LogP contribution in [0.1, 0.15) is 41.8 Å². The molecule has 1 saturated heterocycles. The highest BCUT2D eigenvalue weighted by molar-refractivity contribution is 5.39. The van der Waals surface area contributed by atoms with Gasteiger partial charge in [-0.1, -0.05) is 0 Å². The van der Waals surface area contributed by atoms with Crippen LogP contribution in [-0.4, -0.2) is 49.0 Å². The average molecular weight is 327 g/mol. The Labute approximate surface area is 139 Å². The number of aromatic amines is 1. The van der Waals surface area contributed by atoms with E-state index in [1.54, 1.807) is 6.20 Å². The lowest BCUT2D eigenvalue weighted by Gasteiger charge is -2.23. The molecule has 1 unspecified atom stereocenters. The van der Waals surface area contributed by atoms with Crippen LogP contribution in [0.15, 0.2) is 18.5 Å². The van der Waals surface area contributed by atoms with Crippen molar-refractivity contribution >= 4 is 5.65 Å². The number of aryl methyl sites for hydroxylation is 2. The van der Waals surface area contributed by atoms with Gasteiger partial charge in [-0.05, 0) is 20.8 Å². The van der Waals surface area contributed by atoms with Crippen molar-refractivity contribution in [3.8, 4) is 0 Å². The molecule has 1 aliphatic heterocycles. The van der Waals surface area contributed by atoms with Gasteiger partial charge in [-0.25, -0.2) is 14.5 Å². The molecule has 0 saturated carbocycles. The molecule has 8 nitrogen and oxygen atoms in total. The van der Waals surface area contributed by atoms with Crippen LogP contribution in [0.25, 0.3) is 5.65 Å². The van der Waals surface area contributed by atoms with Crippen LogP contribution in [-0.2, 0) is 4.74 Å². The molecule has 1 fully saturated rings. The maximum absolute atomic E-state index is 5.67. The molecule has 0 amide bonds. The molecule has 3 atom stereocenters. The standard InChI is InChI=1S/C16H21N7O/c1-9(12-6-17-15-4-5-18-23(15)10(12)2)19-14-8-24-7-13(14)16-20-11(3)21-22-16/h4-6,9,13-14,19H,7-8H2,1-3H3,(H,20,21,22)/t9?,13-,14+/m0/s1. The molecular formula is C16H21N7O. The maximum atomic E-state index is 5.67. The molecule has 126 valence electrons. The zero-order valence-electron chi connectivity index (χ0n) is 14.0. The van der Waals surface area contributed by atoms with Crippen molar-refractivity contribution in [1.29, 1.82) is 0 Å². The Morgan fingerprint density at radius 2 is 2.25 bits per heavy atom. The van der Waals surface area contributed by atoms with Gasteiger partial charge in [-0.2, -0.15) is 10.2 Å². The first-order valence-corrected chi connectivity index (χ1v) is 8.15. The van der Waals surface area contributed by atoms with Gasteiger partial charge >= 0.3 is 0 Å². The predicted molar refractivity (Wildman–Crippen MR) is 87.7 cm³/mol. The van der Waals surface area contributed by atoms with E-state index in [4.69, 9.17) is 4.74 Å². The highest BCUT2D eigenvalue weighted by Crippen LogP contribution is 2.26. The molecule has 1 aliphatic rings. The number of nitrogens with one attached hydrogen (secondary N) is 2. The van der Waals surface area contributed by atoms with E-state index in [9.17, 15) is 0 Å². The molecule has 3 aromatic heterocycles. The highest BCUT2D eigenvalue weighted by Gasteiger charge is 2.33. The molecule has 2 N–H and O–H groups in total. The van der Waals surface area contributed by atoms with E-state index >= 15 is 0 Å². The Bertz CT molecular complexity index is 855. The summed E-state index contributed by atoms with van der Waals surface area (Å²) in [6.07, 6.45) is 3.69. The second-order valence-corrected chi connectivity index (χ2v) is 6.32. The van der Waals surface area contributed by atoms with E-state index in [0.717, 1.165) is 28.6 Å². The molecule has 4 rings (SSSR count). The fourth-order valence-corrected chi connectivity index (χ4v) is 3.34. The lowest BCUT2D eigenvalue weighted by molar-refractivity contribution is 0.186. The Balaban J connectivity index is 1.56. The number of rotatable bonds is 4. The van der Waals surface area contributed by atoms with Crippen molar-refractivity contribution in [3.05, 3.63) is 41.4 Å². The summed E-state index contributed by atoms with van der Waals surface area (Å²) in [7, 11) is 0. The smallest absolute Gasteiger partial charge is 0.157 e. The lowest BCUT2D eigenvalue weighted by Crippen LogP contribution is -2.37. The van der Waals surface area contributed by atoms with Gasteiger partial charge in [0.15, 0.2) is 11.5 Å². The van der Waals surface area contributed by atoms with Gasteiger partial charge in [0.05, 0.1) is 25.3 Å². The maximum Gasteiger partial charge on any atom is 0.157 e. The molecule has 0 bridgehead atoms. The molecule has 8 heteroatoms. The van der Waals surface area contributed by atoms with Crippen molar-refractivity contribution in [2.24, 2.45) is 0 Å². The second kappa shape index (κ2) is 5.95. The normalized spacial score (nSPS) is 22.3. The number of H-pyrrole nitrogens is 1. The number of hydrogen-bond donors (Lipinski definition) is 2. The van der Waals surface area contributed by atoms with Gasteiger partial charge in [0.1, 0.15) is 5.82 Å². The zero-order valence-corrected chi connectivity index (χ0v) is 14.0. The van der Waals surface area contributed by atoms with Crippen molar-refractivity contribution in [1.82, 2.24) is 35.1 Å². The van der Waals surface area contributed by atoms with E-state index in [2.05, 4.69) is 44.4 Å². The van der Waals surface area contributed by atoms with E-state index < -0.39 is 0 Å². The average Bonchev–Trinajstić information content (AvgIpc) is 3.27. The third-order valence-corrected chi connectivity index (χ3v) is 4.65. The molecule has 0 aromatic carbocycles. The molecule has 24 heavy (non-hydrogen) atoms. The van der Waals surface area contributed by atoms with Gasteiger partial charge in [-0.15, -0.1) is 0 Å². The Hall–Kier alpha value is -2.32. The molecular weight excluding hydrogens is 306 g/mol. The quantitative estimate of drug-likeness (QED) is 0.750. The Kier molecular flexibility index (Phi) is 3.78. The van der Waals surface area contributed by atoms with Gasteiger partial charge in [0.25, 0.3) is 0 Å². The fourth-order valence-electron chi connectivity index (χ4n) is 3.34. The molecule has 4 heterocycles. The summed E-state index contributed by atoms with van der Waals surface area (Å²) < 4.78 is 7.54. The topological polar surface area (TPSA) is 93.0 Å². The van der Waals surface area contributed by atoms with Crippen LogP contribution in [0.2, 0.25) is 0 Å². The monoisotopic (exact) mass is 327 g/mol. The van der Waals surface area contributed by atoms with E-state index in [1.807, 2.05) is 23.7 Å². The summed E-state index contributed by atoms with van der Waals surface area (Å²) in [5.41, 5.74) is 3.08. The van der Waals surface area contributed by atoms with Crippen LogP contribution in [0, 0.1) is 13.8 Å². The first-order valence-electron chi connectivity index (χ1n) is 8.15. The Morgan fingerprint density at radius 1 is 1.38 bits per heavy atom. The SMILES string of the molecule is Cc1nc([C@H]2COC[C@H]2NC(C)c2cnc3ccnn3c2C)n[nH]1. The minimum atomic E-state index is 0.125. The number of aromatic nitrogens is 6. The zero-order chi connectivity index (χ0) is 16.7. The number of fused-ring (bicyclic) bond motifs is 1. The van der Waals surface area contributed by atoms with E-state index in [0.29, 0.717) is 13.2 Å². The van der Waals surface area contributed by atoms with Gasteiger partial charge in [0, 0.05) is 35.6 Å². The summed E-state index contributed by atoms with van der Waals surface area (Å²) in [5.74, 6) is 1.79. The molecule has 0 radical (unpaired) electrons. The summed E-state index contributed by atoms with van der Waals surface area (Å²) in [4.78, 5) is 8.94. The summed E-state index contributed by atoms with van der Waals surface area (Å²) in [6.45, 7) is 7.40. The summed E-state index contributed by atoms with van der Waals surface area (Å²) in [5, 5.41) is 15.2. The van der Waals surface area contributed by atoms with Crippen LogP contribution >= 0.6 is 0 Å². The molecule has 3 aromatic rings. The second-order valence-electron chi connectivity index (χ2n) is 6.32. The van der Waals surface area contributed by atoms with Crippen LogP contribution < -0.4 is 5.32 Å². The van der Waals surface area contributed by atoms with Crippen LogP contribution in [0.5, 0.6) is 0 Å². The van der Waals surface area contributed by atoms with Crippen LogP contribution in [0.3, 0.4) is 0 Å². The minimum Gasteiger partial charge on any atom is -0.379 e. The van der Waals surface area contributed by atoms with Gasteiger partial charge in [-0.3, -0.25) is 5.10 Å². The third kappa shape index (κ3) is 2.57. The van der Waals surface area contributed by atoms with Crippen LogP contribution in [0.4, 0.5) is 0 Å².